The van der Waals surface area contributed by atoms with Gasteiger partial charge in [-0.05, 0) is 48.0 Å². The third-order valence-electron chi connectivity index (χ3n) is 3.71. The number of ether oxygens (including phenoxy) is 1. The molecule has 148 valence electrons. The molecule has 28 heavy (non-hydrogen) atoms. The average molecular weight is 402 g/mol. The number of anilines is 1. The quantitative estimate of drug-likeness (QED) is 0.583. The highest BCUT2D eigenvalue weighted by Crippen LogP contribution is 2.38. The van der Waals surface area contributed by atoms with Crippen molar-refractivity contribution >= 4 is 11.7 Å². The van der Waals surface area contributed by atoms with Crippen molar-refractivity contribution in [3.8, 4) is 6.07 Å². The van der Waals surface area contributed by atoms with Gasteiger partial charge < -0.3 is 10.1 Å². The normalized spacial score (nSPS) is 12.8. The summed E-state index contributed by atoms with van der Waals surface area (Å²) in [4.78, 5) is 12.1. The molecule has 0 saturated heterocycles. The van der Waals surface area contributed by atoms with Gasteiger partial charge in [-0.3, -0.25) is 0 Å². The smallest absolute Gasteiger partial charge is 0.416 e. The number of carbonyl (C=O) groups excluding carboxylic acids is 1. The van der Waals surface area contributed by atoms with Gasteiger partial charge in [-0.25, -0.2) is 4.79 Å². The van der Waals surface area contributed by atoms with Crippen molar-refractivity contribution in [3.05, 3.63) is 64.7 Å². The van der Waals surface area contributed by atoms with Gasteiger partial charge >= 0.3 is 18.3 Å². The molecular formula is C18H12F6N2O2. The molecule has 0 radical (unpaired) electrons. The first-order valence-corrected chi connectivity index (χ1v) is 7.59. The van der Waals surface area contributed by atoms with Gasteiger partial charge in [-0.1, -0.05) is 0 Å². The van der Waals surface area contributed by atoms with E-state index in [4.69, 9.17) is 5.26 Å². The Morgan fingerprint density at radius 1 is 1.00 bits per heavy atom. The minimum atomic E-state index is -5.05. The lowest BCUT2D eigenvalue weighted by molar-refractivity contribution is -0.145. The number of halogens is 6. The molecule has 0 heterocycles. The van der Waals surface area contributed by atoms with Gasteiger partial charge in [0.2, 0.25) is 0 Å². The van der Waals surface area contributed by atoms with Gasteiger partial charge in [-0.2, -0.15) is 31.6 Å². The molecule has 0 bridgehead atoms. The zero-order valence-corrected chi connectivity index (χ0v) is 14.2. The Hall–Kier alpha value is -3.22. The summed E-state index contributed by atoms with van der Waals surface area (Å²) in [5.74, 6) is -1.09. The fraction of sp³-hybridized carbons (Fsp3) is 0.222. The molecule has 1 atom stereocenters. The molecule has 0 aliphatic carbocycles. The molecule has 0 fully saturated rings. The van der Waals surface area contributed by atoms with Crippen LogP contribution in [0.5, 0.6) is 0 Å². The number of hydrogen-bond acceptors (Lipinski definition) is 4. The first-order valence-electron chi connectivity index (χ1n) is 7.59. The number of nitriles is 1. The van der Waals surface area contributed by atoms with Crippen molar-refractivity contribution < 1.29 is 35.9 Å². The molecule has 2 aromatic rings. The number of hydrogen-bond donors (Lipinski definition) is 1. The van der Waals surface area contributed by atoms with Gasteiger partial charge in [0, 0.05) is 5.69 Å². The van der Waals surface area contributed by atoms with Crippen LogP contribution in [-0.2, 0) is 21.9 Å². The monoisotopic (exact) mass is 402 g/mol. The largest absolute Gasteiger partial charge is 0.467 e. The molecule has 0 spiro atoms. The highest BCUT2D eigenvalue weighted by Gasteiger charge is 2.38. The zero-order chi connectivity index (χ0) is 21.1. The fourth-order valence-corrected chi connectivity index (χ4v) is 2.35. The van der Waals surface area contributed by atoms with Gasteiger partial charge in [0.1, 0.15) is 0 Å². The van der Waals surface area contributed by atoms with E-state index in [0.29, 0.717) is 12.1 Å². The minimum Gasteiger partial charge on any atom is -0.467 e. The number of rotatable bonds is 4. The van der Waals surface area contributed by atoms with E-state index in [1.807, 2.05) is 6.07 Å². The predicted octanol–water partition coefficient (Wildman–Crippen LogP) is 4.92. The Labute approximate surface area is 155 Å². The third kappa shape index (κ3) is 4.94. The lowest BCUT2D eigenvalue weighted by Crippen LogP contribution is -2.24. The highest BCUT2D eigenvalue weighted by atomic mass is 19.4. The summed E-state index contributed by atoms with van der Waals surface area (Å²) in [5, 5.41) is 11.3. The number of esters is 1. The van der Waals surface area contributed by atoms with Crippen LogP contribution in [0.4, 0.5) is 32.0 Å². The van der Waals surface area contributed by atoms with Gasteiger partial charge in [0.25, 0.3) is 0 Å². The maximum Gasteiger partial charge on any atom is 0.416 e. The molecule has 0 amide bonds. The van der Waals surface area contributed by atoms with Crippen molar-refractivity contribution in [2.45, 2.75) is 18.4 Å². The zero-order valence-electron chi connectivity index (χ0n) is 14.2. The second kappa shape index (κ2) is 7.80. The number of nitrogens with one attached hydrogen (secondary N) is 1. The van der Waals surface area contributed by atoms with Gasteiger partial charge in [0.05, 0.1) is 29.9 Å². The van der Waals surface area contributed by atoms with E-state index in [0.717, 1.165) is 7.11 Å². The summed E-state index contributed by atoms with van der Waals surface area (Å²) < 4.78 is 82.9. The summed E-state index contributed by atoms with van der Waals surface area (Å²) in [6, 6.07) is 6.53. The van der Waals surface area contributed by atoms with Crippen molar-refractivity contribution in [2.24, 2.45) is 0 Å². The molecule has 0 saturated carbocycles. The summed E-state index contributed by atoms with van der Waals surface area (Å²) >= 11 is 0. The number of carbonyl (C=O) groups is 1. The van der Waals surface area contributed by atoms with E-state index in [1.165, 1.54) is 24.3 Å². The molecule has 1 N–H and O–H groups in total. The van der Waals surface area contributed by atoms with Crippen LogP contribution in [0.25, 0.3) is 0 Å². The van der Waals surface area contributed by atoms with E-state index in [9.17, 15) is 31.1 Å². The van der Waals surface area contributed by atoms with Crippen LogP contribution >= 0.6 is 0 Å². The molecule has 0 aliphatic heterocycles. The minimum absolute atomic E-state index is 0.0282. The van der Waals surface area contributed by atoms with E-state index >= 15 is 0 Å². The van der Waals surface area contributed by atoms with E-state index in [2.05, 4.69) is 10.1 Å². The summed E-state index contributed by atoms with van der Waals surface area (Å²) in [7, 11) is 0.952. The Kier molecular flexibility index (Phi) is 5.87. The van der Waals surface area contributed by atoms with Crippen LogP contribution < -0.4 is 5.32 Å². The van der Waals surface area contributed by atoms with Crippen LogP contribution in [0.1, 0.15) is 28.3 Å². The maximum absolute atomic E-state index is 13.1. The van der Waals surface area contributed by atoms with Crippen molar-refractivity contribution in [3.63, 3.8) is 0 Å². The molecule has 1 unspecified atom stereocenters. The summed E-state index contributed by atoms with van der Waals surface area (Å²) in [6.07, 6.45) is -10.1. The van der Waals surface area contributed by atoms with E-state index in [-0.39, 0.29) is 17.3 Å². The topological polar surface area (TPSA) is 62.1 Å². The molecule has 2 aromatic carbocycles. The van der Waals surface area contributed by atoms with Crippen LogP contribution in [0.2, 0.25) is 0 Å². The third-order valence-corrected chi connectivity index (χ3v) is 3.71. The van der Waals surface area contributed by atoms with Crippen molar-refractivity contribution in [1.29, 1.82) is 5.26 Å². The number of nitrogens with zero attached hydrogens (tertiary/aromatic N) is 1. The fourth-order valence-electron chi connectivity index (χ4n) is 2.35. The lowest BCUT2D eigenvalue weighted by atomic mass is 9.99. The van der Waals surface area contributed by atoms with Crippen LogP contribution in [-0.4, -0.2) is 13.1 Å². The molecule has 0 aromatic heterocycles. The Morgan fingerprint density at radius 2 is 1.50 bits per heavy atom. The van der Waals surface area contributed by atoms with E-state index < -0.39 is 41.1 Å². The first-order chi connectivity index (χ1) is 13.0. The Morgan fingerprint density at radius 3 is 1.89 bits per heavy atom. The predicted molar refractivity (Wildman–Crippen MR) is 86.0 cm³/mol. The van der Waals surface area contributed by atoms with Gasteiger partial charge in [-0.15, -0.1) is 0 Å². The molecule has 4 nitrogen and oxygen atoms in total. The van der Waals surface area contributed by atoms with Crippen molar-refractivity contribution in [2.75, 3.05) is 12.4 Å². The second-order valence-corrected chi connectivity index (χ2v) is 5.63. The standard InChI is InChI=1S/C18H12F6N2O2/c1-28-16(27)15(26-14-4-2-10(9-25)3-5-14)11-6-12(17(19,20)21)8-13(7-11)18(22,23)24/h2-8,15,26H,1H3. The Bertz CT molecular complexity index is 866. The van der Waals surface area contributed by atoms with Crippen LogP contribution in [0, 0.1) is 11.3 Å². The number of alkyl halides is 6. The molecule has 0 aliphatic rings. The summed E-state index contributed by atoms with van der Waals surface area (Å²) in [5.41, 5.74) is -3.20. The average Bonchev–Trinajstić information content (AvgIpc) is 2.64. The molecule has 2 rings (SSSR count). The second-order valence-electron chi connectivity index (χ2n) is 5.63. The summed E-state index contributed by atoms with van der Waals surface area (Å²) in [6.45, 7) is 0. The van der Waals surface area contributed by atoms with Crippen molar-refractivity contribution in [1.82, 2.24) is 0 Å². The maximum atomic E-state index is 13.1. The number of benzene rings is 2. The van der Waals surface area contributed by atoms with Crippen LogP contribution in [0.3, 0.4) is 0 Å². The SMILES string of the molecule is COC(=O)C(Nc1ccc(C#N)cc1)c1cc(C(F)(F)F)cc(C(F)(F)F)c1. The van der Waals surface area contributed by atoms with Gasteiger partial charge in [0.15, 0.2) is 6.04 Å². The number of methoxy groups -OCH3 is 1. The Balaban J connectivity index is 2.55. The van der Waals surface area contributed by atoms with Crippen LogP contribution in [0.15, 0.2) is 42.5 Å². The first kappa shape index (κ1) is 21.1. The molecular weight excluding hydrogens is 390 g/mol. The van der Waals surface area contributed by atoms with E-state index in [1.54, 1.807) is 0 Å². The highest BCUT2D eigenvalue weighted by molar-refractivity contribution is 5.81. The molecule has 10 heteroatoms. The lowest BCUT2D eigenvalue weighted by Gasteiger charge is -2.21.